The molecular formula is C16H16N4O2. The van der Waals surface area contributed by atoms with Crippen LogP contribution in [0.15, 0.2) is 36.7 Å². The molecular weight excluding hydrogens is 280 g/mol. The van der Waals surface area contributed by atoms with Gasteiger partial charge < -0.3 is 14.6 Å². The maximum atomic E-state index is 10.6. The third kappa shape index (κ3) is 2.28. The van der Waals surface area contributed by atoms with Gasteiger partial charge in [0, 0.05) is 18.1 Å². The fourth-order valence-electron chi connectivity index (χ4n) is 2.61. The standard InChI is InChI=1S/C16H16N4O2/c1-3-20-13(12-5-4-6-17-16(12)22-2)7-11-8-15(19-10-21)18-9-14(11)20/h4-10H,3H2,1-2H3,(H,18,19,21). The molecule has 0 aliphatic heterocycles. The molecule has 0 aliphatic carbocycles. The highest BCUT2D eigenvalue weighted by Gasteiger charge is 2.14. The minimum atomic E-state index is 0.528. The smallest absolute Gasteiger partial charge is 0.222 e. The molecule has 6 heteroatoms. The van der Waals surface area contributed by atoms with Crippen LogP contribution in [0.25, 0.3) is 22.2 Å². The first-order valence-corrected chi connectivity index (χ1v) is 6.97. The lowest BCUT2D eigenvalue weighted by Crippen LogP contribution is -2.00. The van der Waals surface area contributed by atoms with Gasteiger partial charge in [-0.2, -0.15) is 0 Å². The molecule has 0 spiro atoms. The molecule has 0 saturated carbocycles. The normalized spacial score (nSPS) is 10.6. The highest BCUT2D eigenvalue weighted by atomic mass is 16.5. The van der Waals surface area contributed by atoms with Crippen molar-refractivity contribution in [1.29, 1.82) is 0 Å². The molecule has 3 heterocycles. The molecule has 1 amide bonds. The molecule has 3 aromatic rings. The van der Waals surface area contributed by atoms with E-state index in [2.05, 4.69) is 32.8 Å². The Morgan fingerprint density at radius 1 is 1.36 bits per heavy atom. The molecule has 0 fully saturated rings. The molecule has 0 bridgehead atoms. The summed E-state index contributed by atoms with van der Waals surface area (Å²) in [5.74, 6) is 1.11. The van der Waals surface area contributed by atoms with E-state index in [1.54, 1.807) is 19.5 Å². The van der Waals surface area contributed by atoms with Gasteiger partial charge in [-0.05, 0) is 31.2 Å². The predicted molar refractivity (Wildman–Crippen MR) is 84.9 cm³/mol. The Kier molecular flexibility index (Phi) is 3.74. The van der Waals surface area contributed by atoms with Gasteiger partial charge in [0.25, 0.3) is 0 Å². The number of pyridine rings is 2. The zero-order valence-corrected chi connectivity index (χ0v) is 12.4. The monoisotopic (exact) mass is 296 g/mol. The largest absolute Gasteiger partial charge is 0.481 e. The minimum Gasteiger partial charge on any atom is -0.481 e. The summed E-state index contributed by atoms with van der Waals surface area (Å²) in [5, 5.41) is 3.57. The molecule has 0 radical (unpaired) electrons. The van der Waals surface area contributed by atoms with Gasteiger partial charge in [-0.25, -0.2) is 9.97 Å². The van der Waals surface area contributed by atoms with Crippen LogP contribution in [0.5, 0.6) is 5.88 Å². The van der Waals surface area contributed by atoms with E-state index in [4.69, 9.17) is 4.74 Å². The van der Waals surface area contributed by atoms with Crippen molar-refractivity contribution in [3.63, 3.8) is 0 Å². The molecule has 3 rings (SSSR count). The van der Waals surface area contributed by atoms with E-state index >= 15 is 0 Å². The number of ether oxygens (including phenoxy) is 1. The number of hydrogen-bond donors (Lipinski definition) is 1. The van der Waals surface area contributed by atoms with E-state index in [0.717, 1.165) is 28.7 Å². The fourth-order valence-corrected chi connectivity index (χ4v) is 2.61. The van der Waals surface area contributed by atoms with Gasteiger partial charge in [-0.3, -0.25) is 4.79 Å². The molecule has 0 aromatic carbocycles. The van der Waals surface area contributed by atoms with Crippen LogP contribution in [0.1, 0.15) is 6.92 Å². The average molecular weight is 296 g/mol. The quantitative estimate of drug-likeness (QED) is 0.735. The summed E-state index contributed by atoms with van der Waals surface area (Å²) in [7, 11) is 1.61. The molecule has 22 heavy (non-hydrogen) atoms. The van der Waals surface area contributed by atoms with Crippen molar-refractivity contribution in [2.75, 3.05) is 12.4 Å². The topological polar surface area (TPSA) is 69.0 Å². The van der Waals surface area contributed by atoms with Crippen LogP contribution in [0.3, 0.4) is 0 Å². The minimum absolute atomic E-state index is 0.528. The number of fused-ring (bicyclic) bond motifs is 1. The number of rotatable bonds is 5. The molecule has 0 unspecified atom stereocenters. The van der Waals surface area contributed by atoms with Crippen LogP contribution in [0.4, 0.5) is 5.82 Å². The first kappa shape index (κ1) is 14.1. The van der Waals surface area contributed by atoms with Gasteiger partial charge in [-0.15, -0.1) is 0 Å². The van der Waals surface area contributed by atoms with E-state index in [1.807, 2.05) is 18.2 Å². The number of carbonyl (C=O) groups is 1. The van der Waals surface area contributed by atoms with Crippen LogP contribution < -0.4 is 10.1 Å². The van der Waals surface area contributed by atoms with E-state index in [-0.39, 0.29) is 0 Å². The van der Waals surface area contributed by atoms with E-state index in [9.17, 15) is 4.79 Å². The molecule has 0 atom stereocenters. The van der Waals surface area contributed by atoms with Crippen molar-refractivity contribution in [3.05, 3.63) is 36.7 Å². The number of aryl methyl sites for hydroxylation is 1. The van der Waals surface area contributed by atoms with Crippen molar-refractivity contribution in [2.45, 2.75) is 13.5 Å². The molecule has 1 N–H and O–H groups in total. The van der Waals surface area contributed by atoms with Gasteiger partial charge in [-0.1, -0.05) is 0 Å². The number of anilines is 1. The second kappa shape index (κ2) is 5.85. The van der Waals surface area contributed by atoms with Crippen molar-refractivity contribution in [3.8, 4) is 17.1 Å². The first-order valence-electron chi connectivity index (χ1n) is 6.97. The maximum absolute atomic E-state index is 10.6. The summed E-state index contributed by atoms with van der Waals surface area (Å²) >= 11 is 0. The Hall–Kier alpha value is -2.89. The third-order valence-electron chi connectivity index (χ3n) is 3.55. The summed E-state index contributed by atoms with van der Waals surface area (Å²) in [6.07, 6.45) is 4.09. The van der Waals surface area contributed by atoms with Crippen LogP contribution in [0.2, 0.25) is 0 Å². The van der Waals surface area contributed by atoms with Gasteiger partial charge in [0.1, 0.15) is 5.82 Å². The third-order valence-corrected chi connectivity index (χ3v) is 3.55. The zero-order valence-electron chi connectivity index (χ0n) is 12.4. The summed E-state index contributed by atoms with van der Waals surface area (Å²) in [5.41, 5.74) is 2.93. The maximum Gasteiger partial charge on any atom is 0.222 e. The number of nitrogens with one attached hydrogen (secondary N) is 1. The van der Waals surface area contributed by atoms with Gasteiger partial charge in [0.15, 0.2) is 0 Å². The molecule has 6 nitrogen and oxygen atoms in total. The predicted octanol–water partition coefficient (Wildman–Crippen LogP) is 2.70. The van der Waals surface area contributed by atoms with Gasteiger partial charge in [0.2, 0.25) is 12.3 Å². The van der Waals surface area contributed by atoms with Crippen LogP contribution >= 0.6 is 0 Å². The number of methoxy groups -OCH3 is 1. The molecule has 0 saturated heterocycles. The Balaban J connectivity index is 2.22. The van der Waals surface area contributed by atoms with E-state index in [0.29, 0.717) is 18.1 Å². The Labute approximate surface area is 127 Å². The molecule has 3 aromatic heterocycles. The number of aromatic nitrogens is 3. The van der Waals surface area contributed by atoms with Crippen molar-refractivity contribution in [1.82, 2.24) is 14.5 Å². The lowest BCUT2D eigenvalue weighted by molar-refractivity contribution is -0.105. The van der Waals surface area contributed by atoms with Crippen LogP contribution in [-0.2, 0) is 11.3 Å². The molecule has 112 valence electrons. The molecule has 0 aliphatic rings. The summed E-state index contributed by atoms with van der Waals surface area (Å²) < 4.78 is 7.50. The van der Waals surface area contributed by atoms with Crippen LogP contribution in [-0.4, -0.2) is 28.1 Å². The second-order valence-corrected chi connectivity index (χ2v) is 4.72. The summed E-state index contributed by atoms with van der Waals surface area (Å²) in [6.45, 7) is 2.86. The Morgan fingerprint density at radius 2 is 2.23 bits per heavy atom. The highest BCUT2D eigenvalue weighted by Crippen LogP contribution is 2.33. The second-order valence-electron chi connectivity index (χ2n) is 4.72. The van der Waals surface area contributed by atoms with E-state index < -0.39 is 0 Å². The summed E-state index contributed by atoms with van der Waals surface area (Å²) in [4.78, 5) is 19.1. The number of carbonyl (C=O) groups excluding carboxylic acids is 1. The van der Waals surface area contributed by atoms with Crippen LogP contribution in [0, 0.1) is 0 Å². The average Bonchev–Trinajstić information content (AvgIpc) is 2.92. The van der Waals surface area contributed by atoms with Gasteiger partial charge in [0.05, 0.1) is 30.1 Å². The highest BCUT2D eigenvalue weighted by molar-refractivity contribution is 5.90. The van der Waals surface area contributed by atoms with E-state index in [1.165, 1.54) is 0 Å². The Morgan fingerprint density at radius 3 is 2.95 bits per heavy atom. The fraction of sp³-hybridized carbons (Fsp3) is 0.188. The zero-order chi connectivity index (χ0) is 15.5. The summed E-state index contributed by atoms with van der Waals surface area (Å²) in [6, 6.07) is 7.76. The number of nitrogens with zero attached hydrogens (tertiary/aromatic N) is 3. The Bertz CT molecular complexity index is 826. The lowest BCUT2D eigenvalue weighted by atomic mass is 10.2. The number of amides is 1. The van der Waals surface area contributed by atoms with Gasteiger partial charge >= 0.3 is 0 Å². The lowest BCUT2D eigenvalue weighted by Gasteiger charge is -2.10. The van der Waals surface area contributed by atoms with Crippen molar-refractivity contribution >= 4 is 23.1 Å². The SMILES string of the molecule is CCn1c(-c2cccnc2OC)cc2cc(NC=O)ncc21. The number of hydrogen-bond acceptors (Lipinski definition) is 4. The van der Waals surface area contributed by atoms with Crippen molar-refractivity contribution < 1.29 is 9.53 Å². The first-order chi connectivity index (χ1) is 10.8. The van der Waals surface area contributed by atoms with Crippen molar-refractivity contribution in [2.24, 2.45) is 0 Å².